The first-order valence-corrected chi connectivity index (χ1v) is 7.71. The number of carboxylic acid groups (broad SMARTS) is 1. The Kier molecular flexibility index (Phi) is 3.19. The number of hydrogen-bond donors (Lipinski definition) is 1. The zero-order valence-electron chi connectivity index (χ0n) is 10.6. The Morgan fingerprint density at radius 1 is 1.25 bits per heavy atom. The Balaban J connectivity index is 2.20. The molecule has 0 saturated carbocycles. The third-order valence-corrected chi connectivity index (χ3v) is 5.20. The van der Waals surface area contributed by atoms with Crippen LogP contribution < -0.4 is 4.87 Å². The van der Waals surface area contributed by atoms with Gasteiger partial charge in [0.05, 0.1) is 10.4 Å². The highest BCUT2D eigenvalue weighted by Gasteiger charge is 2.16. The number of carbonyl (C=O) groups is 1. The van der Waals surface area contributed by atoms with Crippen LogP contribution in [0.1, 0.15) is 22.2 Å². The van der Waals surface area contributed by atoms with Crippen LogP contribution in [0.3, 0.4) is 0 Å². The minimum Gasteiger partial charge on any atom is -0.477 e. The fourth-order valence-corrected chi connectivity index (χ4v) is 4.15. The lowest BCUT2D eigenvalue weighted by atomic mass is 10.1. The van der Waals surface area contributed by atoms with Gasteiger partial charge in [0.2, 0.25) is 0 Å². The van der Waals surface area contributed by atoms with Crippen molar-refractivity contribution in [2.75, 3.05) is 0 Å². The van der Waals surface area contributed by atoms with Gasteiger partial charge in [-0.25, -0.2) is 4.79 Å². The molecule has 0 unspecified atom stereocenters. The third-order valence-electron chi connectivity index (χ3n) is 3.08. The summed E-state index contributed by atoms with van der Waals surface area (Å²) in [7, 11) is 0. The van der Waals surface area contributed by atoms with Crippen LogP contribution in [0, 0.1) is 0 Å². The van der Waals surface area contributed by atoms with Gasteiger partial charge in [-0.15, -0.1) is 11.3 Å². The van der Waals surface area contributed by atoms with Crippen molar-refractivity contribution in [3.05, 3.63) is 50.4 Å². The average molecular weight is 305 g/mol. The number of fused-ring (bicyclic) bond motifs is 1. The largest absolute Gasteiger partial charge is 0.477 e. The highest BCUT2D eigenvalue weighted by molar-refractivity contribution is 7.27. The molecular formula is C14H11NO3S2. The molecule has 1 N–H and O–H groups in total. The van der Waals surface area contributed by atoms with Crippen molar-refractivity contribution in [1.82, 2.24) is 4.57 Å². The van der Waals surface area contributed by atoms with Gasteiger partial charge in [-0.05, 0) is 30.2 Å². The number of thiazole rings is 1. The number of carboxylic acids is 1. The molecule has 102 valence electrons. The summed E-state index contributed by atoms with van der Waals surface area (Å²) in [5.74, 6) is -0.960. The molecule has 3 aromatic rings. The zero-order chi connectivity index (χ0) is 14.3. The van der Waals surface area contributed by atoms with Crippen molar-refractivity contribution < 1.29 is 9.90 Å². The number of aromatic nitrogens is 1. The minimum absolute atomic E-state index is 0.0903. The van der Waals surface area contributed by atoms with E-state index >= 15 is 0 Å². The Hall–Kier alpha value is -1.92. The summed E-state index contributed by atoms with van der Waals surface area (Å²) in [6.07, 6.45) is 0.941. The van der Waals surface area contributed by atoms with Gasteiger partial charge in [-0.2, -0.15) is 0 Å². The lowest BCUT2D eigenvalue weighted by molar-refractivity contribution is 0.0702. The second-order valence-electron chi connectivity index (χ2n) is 4.31. The van der Waals surface area contributed by atoms with E-state index in [0.29, 0.717) is 4.83 Å². The molecule has 0 aliphatic heterocycles. The lowest BCUT2D eigenvalue weighted by Crippen LogP contribution is -2.09. The maximum absolute atomic E-state index is 12.1. The van der Waals surface area contributed by atoms with Crippen LogP contribution in [0.15, 0.2) is 35.1 Å². The molecular weight excluding hydrogens is 294 g/mol. The second kappa shape index (κ2) is 4.88. The number of hydrogen-bond acceptors (Lipinski definition) is 4. The van der Waals surface area contributed by atoms with Crippen molar-refractivity contribution in [1.29, 1.82) is 0 Å². The van der Waals surface area contributed by atoms with E-state index < -0.39 is 5.97 Å². The smallest absolute Gasteiger partial charge is 0.345 e. The third kappa shape index (κ3) is 2.07. The summed E-state index contributed by atoms with van der Waals surface area (Å²) in [5, 5.41) is 9.03. The van der Waals surface area contributed by atoms with Crippen LogP contribution in [0.5, 0.6) is 0 Å². The quantitative estimate of drug-likeness (QED) is 0.807. The highest BCUT2D eigenvalue weighted by Crippen LogP contribution is 2.29. The standard InChI is InChI=1S/C14H11NO3S2/c1-2-8-3-5-9(6-4-8)15-12-10(20-14(15)18)7-11(19-12)13(16)17/h3-7H,2H2,1H3,(H,16,17). The van der Waals surface area contributed by atoms with Crippen LogP contribution in [0.25, 0.3) is 15.2 Å². The minimum atomic E-state index is -0.960. The van der Waals surface area contributed by atoms with E-state index in [1.54, 1.807) is 10.6 Å². The molecule has 0 saturated heterocycles. The van der Waals surface area contributed by atoms with Crippen LogP contribution in [-0.2, 0) is 6.42 Å². The van der Waals surface area contributed by atoms with Crippen molar-refractivity contribution in [2.45, 2.75) is 13.3 Å². The van der Waals surface area contributed by atoms with Crippen LogP contribution in [0.2, 0.25) is 0 Å². The number of thiophene rings is 1. The van der Waals surface area contributed by atoms with Gasteiger partial charge in [-0.3, -0.25) is 9.36 Å². The fourth-order valence-electron chi connectivity index (χ4n) is 2.03. The number of aryl methyl sites for hydroxylation is 1. The van der Waals surface area contributed by atoms with Crippen molar-refractivity contribution in [2.24, 2.45) is 0 Å². The SMILES string of the molecule is CCc1ccc(-n2c(=O)sc3cc(C(=O)O)sc32)cc1. The van der Waals surface area contributed by atoms with Crippen molar-refractivity contribution in [3.63, 3.8) is 0 Å². The van der Waals surface area contributed by atoms with Gasteiger partial charge in [-0.1, -0.05) is 30.4 Å². The summed E-state index contributed by atoms with van der Waals surface area (Å²) in [4.78, 5) is 23.9. The number of nitrogens with zero attached hydrogens (tertiary/aromatic N) is 1. The molecule has 0 radical (unpaired) electrons. The van der Waals surface area contributed by atoms with Gasteiger partial charge >= 0.3 is 10.8 Å². The van der Waals surface area contributed by atoms with Crippen LogP contribution in [-0.4, -0.2) is 15.6 Å². The topological polar surface area (TPSA) is 59.3 Å². The van der Waals surface area contributed by atoms with E-state index in [-0.39, 0.29) is 9.75 Å². The zero-order valence-corrected chi connectivity index (χ0v) is 12.3. The molecule has 6 heteroatoms. The molecule has 2 heterocycles. The van der Waals surface area contributed by atoms with Crippen molar-refractivity contribution >= 4 is 38.2 Å². The van der Waals surface area contributed by atoms with Gasteiger partial charge in [0.15, 0.2) is 0 Å². The number of rotatable bonds is 3. The first-order valence-electron chi connectivity index (χ1n) is 6.08. The molecule has 4 nitrogen and oxygen atoms in total. The van der Waals surface area contributed by atoms with E-state index in [2.05, 4.69) is 6.92 Å². The Morgan fingerprint density at radius 3 is 2.55 bits per heavy atom. The van der Waals surface area contributed by atoms with E-state index in [4.69, 9.17) is 5.11 Å². The maximum atomic E-state index is 12.1. The Bertz CT molecular complexity index is 840. The molecule has 0 spiro atoms. The maximum Gasteiger partial charge on any atom is 0.345 e. The summed E-state index contributed by atoms with van der Waals surface area (Å²) in [5.41, 5.74) is 1.97. The van der Waals surface area contributed by atoms with Gasteiger partial charge < -0.3 is 5.11 Å². The predicted molar refractivity (Wildman–Crippen MR) is 81.6 cm³/mol. The summed E-state index contributed by atoms with van der Waals surface area (Å²) in [6.45, 7) is 2.07. The van der Waals surface area contributed by atoms with Crippen LogP contribution in [0.4, 0.5) is 0 Å². The molecule has 0 fully saturated rings. The first kappa shape index (κ1) is 13.1. The second-order valence-corrected chi connectivity index (χ2v) is 6.33. The Labute approximate surface area is 122 Å². The molecule has 3 rings (SSSR count). The predicted octanol–water partition coefficient (Wildman–Crippen LogP) is 3.37. The lowest BCUT2D eigenvalue weighted by Gasteiger charge is -2.03. The summed E-state index contributed by atoms with van der Waals surface area (Å²) >= 11 is 2.21. The fraction of sp³-hybridized carbons (Fsp3) is 0.143. The molecule has 0 aliphatic rings. The summed E-state index contributed by atoms with van der Waals surface area (Å²) < 4.78 is 2.30. The molecule has 0 aliphatic carbocycles. The summed E-state index contributed by atoms with van der Waals surface area (Å²) in [6, 6.07) is 9.32. The molecule has 1 aromatic carbocycles. The van der Waals surface area contributed by atoms with Gasteiger partial charge in [0, 0.05) is 0 Å². The monoisotopic (exact) mass is 305 g/mol. The molecule has 0 amide bonds. The van der Waals surface area contributed by atoms with E-state index in [1.807, 2.05) is 24.3 Å². The normalized spacial score (nSPS) is 11.1. The number of aromatic carboxylic acids is 1. The van der Waals surface area contributed by atoms with Crippen molar-refractivity contribution in [3.8, 4) is 5.69 Å². The molecule has 0 bridgehead atoms. The Morgan fingerprint density at radius 2 is 1.95 bits per heavy atom. The van der Waals surface area contributed by atoms with Gasteiger partial charge in [0.1, 0.15) is 9.71 Å². The van der Waals surface area contributed by atoms with Gasteiger partial charge in [0.25, 0.3) is 0 Å². The average Bonchev–Trinajstić information content (AvgIpc) is 2.95. The highest BCUT2D eigenvalue weighted by atomic mass is 32.1. The molecule has 20 heavy (non-hydrogen) atoms. The first-order chi connectivity index (χ1) is 9.60. The molecule has 0 atom stereocenters. The number of benzene rings is 1. The van der Waals surface area contributed by atoms with E-state index in [9.17, 15) is 9.59 Å². The van der Waals surface area contributed by atoms with E-state index in [1.165, 1.54) is 5.56 Å². The van der Waals surface area contributed by atoms with Crippen LogP contribution >= 0.6 is 22.7 Å². The molecule has 2 aromatic heterocycles. The van der Waals surface area contributed by atoms with E-state index in [0.717, 1.165) is 39.5 Å².